The van der Waals surface area contributed by atoms with Gasteiger partial charge in [-0.25, -0.2) is 4.98 Å². The average Bonchev–Trinajstić information content (AvgIpc) is 3.09. The van der Waals surface area contributed by atoms with Gasteiger partial charge in [-0.15, -0.1) is 0 Å². The molecule has 0 radical (unpaired) electrons. The molecule has 37 heavy (non-hydrogen) atoms. The van der Waals surface area contributed by atoms with Gasteiger partial charge in [-0.3, -0.25) is 9.80 Å². The summed E-state index contributed by atoms with van der Waals surface area (Å²) < 4.78 is 6.00. The van der Waals surface area contributed by atoms with Gasteiger partial charge in [-0.2, -0.15) is 0 Å². The van der Waals surface area contributed by atoms with E-state index in [1.54, 1.807) is 6.07 Å². The van der Waals surface area contributed by atoms with Crippen LogP contribution in [0.1, 0.15) is 28.3 Å². The van der Waals surface area contributed by atoms with Crippen LogP contribution >= 0.6 is 11.6 Å². The first-order valence-corrected chi connectivity index (χ1v) is 13.5. The van der Waals surface area contributed by atoms with Crippen LogP contribution in [0.5, 0.6) is 5.75 Å². The highest BCUT2D eigenvalue weighted by atomic mass is 35.5. The molecule has 1 N–H and O–H groups in total. The molecule has 1 aromatic heterocycles. The van der Waals surface area contributed by atoms with E-state index in [0.29, 0.717) is 17.7 Å². The van der Waals surface area contributed by atoms with Crippen molar-refractivity contribution in [3.8, 4) is 5.75 Å². The minimum Gasteiger partial charge on any atom is -0.490 e. The van der Waals surface area contributed by atoms with Crippen LogP contribution in [0, 0.1) is 0 Å². The van der Waals surface area contributed by atoms with Crippen LogP contribution in [0.4, 0.5) is 0 Å². The number of piperazine rings is 1. The normalized spacial score (nSPS) is 17.7. The molecule has 1 saturated heterocycles. The fraction of sp³-hybridized carbons (Fsp3) is 0.323. The summed E-state index contributed by atoms with van der Waals surface area (Å²) in [7, 11) is 0. The molecule has 0 amide bonds. The van der Waals surface area contributed by atoms with Gasteiger partial charge in [0.15, 0.2) is 0 Å². The van der Waals surface area contributed by atoms with Gasteiger partial charge in [0.05, 0.1) is 11.6 Å². The Labute approximate surface area is 223 Å². The zero-order valence-corrected chi connectivity index (χ0v) is 21.6. The Morgan fingerprint density at radius 2 is 1.51 bits per heavy atom. The minimum atomic E-state index is -0.568. The fourth-order valence-corrected chi connectivity index (χ4v) is 6.01. The van der Waals surface area contributed by atoms with Gasteiger partial charge < -0.3 is 9.84 Å². The molecule has 1 aliphatic carbocycles. The van der Waals surface area contributed by atoms with Crippen molar-refractivity contribution < 1.29 is 9.84 Å². The predicted molar refractivity (Wildman–Crippen MR) is 148 cm³/mol. The quantitative estimate of drug-likeness (QED) is 0.362. The number of aliphatic hydroxyl groups is 1. The van der Waals surface area contributed by atoms with Gasteiger partial charge in [0, 0.05) is 38.1 Å². The van der Waals surface area contributed by atoms with E-state index < -0.39 is 6.10 Å². The highest BCUT2D eigenvalue weighted by Crippen LogP contribution is 2.37. The molecular formula is C31H32ClN3O2. The van der Waals surface area contributed by atoms with E-state index in [-0.39, 0.29) is 6.61 Å². The van der Waals surface area contributed by atoms with Gasteiger partial charge in [0.25, 0.3) is 0 Å². The van der Waals surface area contributed by atoms with E-state index in [4.69, 9.17) is 16.3 Å². The highest BCUT2D eigenvalue weighted by Gasteiger charge is 2.31. The lowest BCUT2D eigenvalue weighted by Crippen LogP contribution is -2.50. The molecule has 1 aliphatic heterocycles. The van der Waals surface area contributed by atoms with Gasteiger partial charge in [-0.1, -0.05) is 66.2 Å². The van der Waals surface area contributed by atoms with Crippen LogP contribution < -0.4 is 4.74 Å². The molecule has 3 aromatic carbocycles. The van der Waals surface area contributed by atoms with Gasteiger partial charge in [-0.05, 0) is 59.4 Å². The zero-order chi connectivity index (χ0) is 25.2. The molecule has 1 atom stereocenters. The maximum Gasteiger partial charge on any atom is 0.129 e. The third-order valence-corrected chi connectivity index (χ3v) is 7.90. The molecule has 6 heteroatoms. The number of rotatable bonds is 6. The Kier molecular flexibility index (Phi) is 7.12. The number of benzene rings is 3. The summed E-state index contributed by atoms with van der Waals surface area (Å²) in [6.07, 6.45) is 1.62. The maximum absolute atomic E-state index is 10.8. The van der Waals surface area contributed by atoms with Crippen molar-refractivity contribution in [3.05, 3.63) is 106 Å². The first-order chi connectivity index (χ1) is 18.2. The summed E-state index contributed by atoms with van der Waals surface area (Å²) in [4.78, 5) is 9.32. The Hall–Kier alpha value is -2.96. The lowest BCUT2D eigenvalue weighted by Gasteiger charge is -2.40. The number of hydrogen-bond acceptors (Lipinski definition) is 5. The lowest BCUT2D eigenvalue weighted by atomic mass is 9.92. The topological polar surface area (TPSA) is 48.8 Å². The van der Waals surface area contributed by atoms with Crippen molar-refractivity contribution in [2.75, 3.05) is 39.3 Å². The number of nitrogens with zero attached hydrogens (tertiary/aromatic N) is 3. The van der Waals surface area contributed by atoms with Gasteiger partial charge in [0.1, 0.15) is 23.6 Å². The van der Waals surface area contributed by atoms with Gasteiger partial charge in [0.2, 0.25) is 0 Å². The molecular weight excluding hydrogens is 482 g/mol. The SMILES string of the molecule is OC(COc1cccc2nc(Cl)ccc12)CN1CCN(C2c3ccccc3CCc3ccccc32)CC1. The fourth-order valence-electron chi connectivity index (χ4n) is 5.86. The summed E-state index contributed by atoms with van der Waals surface area (Å²) in [5, 5.41) is 12.1. The Bertz CT molecular complexity index is 1340. The van der Waals surface area contributed by atoms with E-state index >= 15 is 0 Å². The van der Waals surface area contributed by atoms with Crippen LogP contribution in [0.3, 0.4) is 0 Å². The third-order valence-electron chi connectivity index (χ3n) is 7.69. The largest absolute Gasteiger partial charge is 0.490 e. The molecule has 1 fully saturated rings. The average molecular weight is 514 g/mol. The van der Waals surface area contributed by atoms with Crippen LogP contribution in [0.2, 0.25) is 5.15 Å². The number of fused-ring (bicyclic) bond motifs is 3. The second kappa shape index (κ2) is 10.8. The van der Waals surface area contributed by atoms with Crippen molar-refractivity contribution in [1.29, 1.82) is 0 Å². The summed E-state index contributed by atoms with van der Waals surface area (Å²) >= 11 is 6.02. The summed E-state index contributed by atoms with van der Waals surface area (Å²) in [5.74, 6) is 0.719. The summed E-state index contributed by atoms with van der Waals surface area (Å²) in [6.45, 7) is 4.63. The van der Waals surface area contributed by atoms with E-state index in [9.17, 15) is 5.11 Å². The first kappa shape index (κ1) is 24.4. The van der Waals surface area contributed by atoms with Crippen molar-refractivity contribution in [1.82, 2.24) is 14.8 Å². The number of β-amino-alcohol motifs (C(OH)–C–C–N with tert-alkyl or cyclic N) is 1. The molecule has 2 aliphatic rings. The van der Waals surface area contributed by atoms with Crippen LogP contribution in [0.15, 0.2) is 78.9 Å². The number of ether oxygens (including phenoxy) is 1. The molecule has 0 saturated carbocycles. The minimum absolute atomic E-state index is 0.241. The summed E-state index contributed by atoms with van der Waals surface area (Å²) in [5.41, 5.74) is 6.60. The molecule has 1 unspecified atom stereocenters. The molecule has 6 rings (SSSR count). The zero-order valence-electron chi connectivity index (χ0n) is 20.9. The van der Waals surface area contributed by atoms with E-state index in [0.717, 1.165) is 55.7 Å². The molecule has 5 nitrogen and oxygen atoms in total. The first-order valence-electron chi connectivity index (χ1n) is 13.1. The third kappa shape index (κ3) is 5.23. The molecule has 0 bridgehead atoms. The number of aromatic nitrogens is 1. The van der Waals surface area contributed by atoms with Crippen LogP contribution in [0.25, 0.3) is 10.9 Å². The van der Waals surface area contributed by atoms with Gasteiger partial charge >= 0.3 is 0 Å². The maximum atomic E-state index is 10.8. The number of aryl methyl sites for hydroxylation is 2. The smallest absolute Gasteiger partial charge is 0.129 e. The molecule has 2 heterocycles. The Balaban J connectivity index is 1.09. The van der Waals surface area contributed by atoms with Crippen molar-refractivity contribution in [2.45, 2.75) is 25.0 Å². The van der Waals surface area contributed by atoms with E-state index in [1.165, 1.54) is 22.3 Å². The second-order valence-corrected chi connectivity index (χ2v) is 10.4. The number of pyridine rings is 1. The van der Waals surface area contributed by atoms with Crippen LogP contribution in [-0.4, -0.2) is 65.3 Å². The lowest BCUT2D eigenvalue weighted by molar-refractivity contribution is 0.0403. The van der Waals surface area contributed by atoms with Crippen molar-refractivity contribution >= 4 is 22.5 Å². The van der Waals surface area contributed by atoms with E-state index in [1.807, 2.05) is 24.3 Å². The molecule has 190 valence electrons. The number of aliphatic hydroxyl groups excluding tert-OH is 1. The number of halogens is 1. The second-order valence-electron chi connectivity index (χ2n) is 10.1. The van der Waals surface area contributed by atoms with Crippen molar-refractivity contribution in [3.63, 3.8) is 0 Å². The van der Waals surface area contributed by atoms with Crippen molar-refractivity contribution in [2.24, 2.45) is 0 Å². The Morgan fingerprint density at radius 1 is 0.838 bits per heavy atom. The highest BCUT2D eigenvalue weighted by molar-refractivity contribution is 6.29. The Morgan fingerprint density at radius 3 is 2.22 bits per heavy atom. The standard InChI is InChI=1S/C31H32ClN3O2/c32-30-15-14-27-28(33-30)10-5-11-29(27)37-21-24(36)20-34-16-18-35(19-17-34)31-25-8-3-1-6-22(25)12-13-23-7-2-4-9-26(23)31/h1-11,14-15,24,31,36H,12-13,16-21H2. The molecule has 4 aromatic rings. The summed E-state index contributed by atoms with van der Waals surface area (Å²) in [6, 6.07) is 27.6. The monoisotopic (exact) mass is 513 g/mol. The predicted octanol–water partition coefficient (Wildman–Crippen LogP) is 5.13. The number of hydrogen-bond donors (Lipinski definition) is 1. The van der Waals surface area contributed by atoms with E-state index in [2.05, 4.69) is 63.3 Å². The van der Waals surface area contributed by atoms with Crippen LogP contribution in [-0.2, 0) is 12.8 Å². The molecule has 0 spiro atoms.